The molecule has 0 saturated carbocycles. The minimum atomic E-state index is -0.128. The van der Waals surface area contributed by atoms with E-state index >= 15 is 0 Å². The van der Waals surface area contributed by atoms with Crippen molar-refractivity contribution in [2.45, 2.75) is 26.4 Å². The summed E-state index contributed by atoms with van der Waals surface area (Å²) in [6, 6.07) is 7.65. The molecule has 6 nitrogen and oxygen atoms in total. The zero-order valence-electron chi connectivity index (χ0n) is 15.0. The van der Waals surface area contributed by atoms with Crippen LogP contribution in [0.1, 0.15) is 13.8 Å². The van der Waals surface area contributed by atoms with Gasteiger partial charge in [0.25, 0.3) is 0 Å². The number of amides is 2. The Morgan fingerprint density at radius 2 is 2.08 bits per heavy atom. The molecule has 0 spiro atoms. The number of nitrogens with zero attached hydrogens (tertiary/aromatic N) is 2. The van der Waals surface area contributed by atoms with Crippen molar-refractivity contribution in [2.75, 3.05) is 30.0 Å². The highest BCUT2D eigenvalue weighted by atomic mass is 35.5. The van der Waals surface area contributed by atoms with Crippen molar-refractivity contribution in [3.05, 3.63) is 30.5 Å². The van der Waals surface area contributed by atoms with Crippen LogP contribution in [0.5, 0.6) is 0 Å². The average molecular weight is 397 g/mol. The largest absolute Gasteiger partial charge is 0.342 e. The summed E-state index contributed by atoms with van der Waals surface area (Å²) < 4.78 is 1.96. The van der Waals surface area contributed by atoms with Crippen LogP contribution in [0, 0.1) is 0 Å². The number of carbonyl (C=O) groups excluding carboxylic acids is 2. The SMILES string of the molecule is CCN(CC)C(=O)Cn1ccc2cc(NC(=O)C3CSCN3)ccc21.Cl. The molecule has 2 N–H and O–H groups in total. The molecule has 1 saturated heterocycles. The predicted molar refractivity (Wildman–Crippen MR) is 110 cm³/mol. The van der Waals surface area contributed by atoms with Crippen LogP contribution in [0.4, 0.5) is 5.69 Å². The zero-order chi connectivity index (χ0) is 17.8. The molecule has 0 bridgehead atoms. The normalized spacial score (nSPS) is 16.3. The first-order valence-corrected chi connectivity index (χ1v) is 9.76. The van der Waals surface area contributed by atoms with Gasteiger partial charge in [0.1, 0.15) is 6.54 Å². The fourth-order valence-electron chi connectivity index (χ4n) is 3.03. The van der Waals surface area contributed by atoms with Gasteiger partial charge >= 0.3 is 0 Å². The molecule has 26 heavy (non-hydrogen) atoms. The summed E-state index contributed by atoms with van der Waals surface area (Å²) >= 11 is 1.73. The van der Waals surface area contributed by atoms with E-state index in [-0.39, 0.29) is 30.3 Å². The zero-order valence-corrected chi connectivity index (χ0v) is 16.7. The first-order valence-electron chi connectivity index (χ1n) is 8.61. The first kappa shape index (κ1) is 20.6. The molecule has 1 atom stereocenters. The van der Waals surface area contributed by atoms with Gasteiger partial charge in [0.2, 0.25) is 11.8 Å². The van der Waals surface area contributed by atoms with Crippen molar-refractivity contribution in [2.24, 2.45) is 0 Å². The third-order valence-corrected chi connectivity index (χ3v) is 5.43. The third kappa shape index (κ3) is 4.52. The molecule has 3 rings (SSSR count). The van der Waals surface area contributed by atoms with E-state index in [2.05, 4.69) is 10.6 Å². The van der Waals surface area contributed by atoms with Gasteiger partial charge in [-0.05, 0) is 38.1 Å². The summed E-state index contributed by atoms with van der Waals surface area (Å²) in [7, 11) is 0. The number of hydrogen-bond donors (Lipinski definition) is 2. The number of aromatic nitrogens is 1. The maximum Gasteiger partial charge on any atom is 0.242 e. The molecule has 1 fully saturated rings. The number of carbonyl (C=O) groups is 2. The Balaban J connectivity index is 0.00000243. The summed E-state index contributed by atoms with van der Waals surface area (Å²) in [4.78, 5) is 26.3. The highest BCUT2D eigenvalue weighted by molar-refractivity contribution is 7.99. The fourth-order valence-corrected chi connectivity index (χ4v) is 3.97. The first-order chi connectivity index (χ1) is 12.1. The van der Waals surface area contributed by atoms with Crippen LogP contribution in [0.15, 0.2) is 30.5 Å². The molecular weight excluding hydrogens is 372 g/mol. The van der Waals surface area contributed by atoms with Gasteiger partial charge in [-0.2, -0.15) is 0 Å². The molecule has 2 heterocycles. The smallest absolute Gasteiger partial charge is 0.242 e. The molecule has 2 aromatic rings. The quantitative estimate of drug-likeness (QED) is 0.787. The number of anilines is 1. The summed E-state index contributed by atoms with van der Waals surface area (Å²) in [6.45, 7) is 5.75. The van der Waals surface area contributed by atoms with Crippen molar-refractivity contribution < 1.29 is 9.59 Å². The number of nitrogens with one attached hydrogen (secondary N) is 2. The van der Waals surface area contributed by atoms with Crippen molar-refractivity contribution in [3.63, 3.8) is 0 Å². The Morgan fingerprint density at radius 1 is 1.31 bits per heavy atom. The standard InChI is InChI=1S/C18H24N4O2S.ClH/c1-3-21(4-2)17(23)10-22-8-7-13-9-14(5-6-16(13)22)20-18(24)15-11-25-12-19-15;/h5-9,15,19H,3-4,10-12H2,1-2H3,(H,20,24);1H. The van der Waals surface area contributed by atoms with Gasteiger partial charge < -0.3 is 14.8 Å². The van der Waals surface area contributed by atoms with E-state index < -0.39 is 0 Å². The van der Waals surface area contributed by atoms with Crippen LogP contribution in [0.25, 0.3) is 10.9 Å². The number of thioether (sulfide) groups is 1. The maximum atomic E-state index is 12.3. The van der Waals surface area contributed by atoms with E-state index in [1.165, 1.54) is 0 Å². The summed E-state index contributed by atoms with van der Waals surface area (Å²) in [6.07, 6.45) is 1.92. The fraction of sp³-hybridized carbons (Fsp3) is 0.444. The van der Waals surface area contributed by atoms with E-state index in [1.807, 2.05) is 53.8 Å². The Labute approximate surface area is 164 Å². The second-order valence-corrected chi connectivity index (χ2v) is 7.07. The number of halogens is 1. The number of fused-ring (bicyclic) bond motifs is 1. The maximum absolute atomic E-state index is 12.3. The Morgan fingerprint density at radius 3 is 2.73 bits per heavy atom. The van der Waals surface area contributed by atoms with Gasteiger partial charge in [-0.15, -0.1) is 24.2 Å². The van der Waals surface area contributed by atoms with Crippen LogP contribution < -0.4 is 10.6 Å². The molecule has 0 aliphatic carbocycles. The van der Waals surface area contributed by atoms with E-state index in [0.717, 1.165) is 41.3 Å². The van der Waals surface area contributed by atoms with E-state index in [0.29, 0.717) is 6.54 Å². The highest BCUT2D eigenvalue weighted by Crippen LogP contribution is 2.21. The lowest BCUT2D eigenvalue weighted by molar-refractivity contribution is -0.131. The van der Waals surface area contributed by atoms with Gasteiger partial charge in [0.05, 0.1) is 6.04 Å². The van der Waals surface area contributed by atoms with E-state index in [1.54, 1.807) is 11.8 Å². The molecule has 142 valence electrons. The van der Waals surface area contributed by atoms with Gasteiger partial charge in [-0.1, -0.05) is 0 Å². The van der Waals surface area contributed by atoms with Crippen LogP contribution >= 0.6 is 24.2 Å². The van der Waals surface area contributed by atoms with Gasteiger partial charge in [0, 0.05) is 47.5 Å². The summed E-state index contributed by atoms with van der Waals surface area (Å²) in [5.74, 6) is 1.74. The minimum absolute atomic E-state index is 0. The number of likely N-dealkylation sites (N-methyl/N-ethyl adjacent to an activating group) is 1. The molecule has 8 heteroatoms. The van der Waals surface area contributed by atoms with Crippen molar-refractivity contribution in [1.82, 2.24) is 14.8 Å². The average Bonchev–Trinajstić information content (AvgIpc) is 3.26. The number of rotatable bonds is 6. The summed E-state index contributed by atoms with van der Waals surface area (Å²) in [5.41, 5.74) is 1.78. The third-order valence-electron chi connectivity index (χ3n) is 4.49. The minimum Gasteiger partial charge on any atom is -0.342 e. The van der Waals surface area contributed by atoms with Crippen molar-refractivity contribution >= 4 is 52.6 Å². The molecule has 1 aromatic heterocycles. The predicted octanol–water partition coefficient (Wildman–Crippen LogP) is 2.53. The van der Waals surface area contributed by atoms with E-state index in [9.17, 15) is 9.59 Å². The number of benzene rings is 1. The topological polar surface area (TPSA) is 66.4 Å². The summed E-state index contributed by atoms with van der Waals surface area (Å²) in [5, 5.41) is 7.14. The molecule has 0 radical (unpaired) electrons. The lowest BCUT2D eigenvalue weighted by Crippen LogP contribution is -2.37. The highest BCUT2D eigenvalue weighted by Gasteiger charge is 2.22. The molecule has 2 amide bonds. The van der Waals surface area contributed by atoms with Crippen molar-refractivity contribution in [3.8, 4) is 0 Å². The van der Waals surface area contributed by atoms with Crippen LogP contribution in [0.2, 0.25) is 0 Å². The Hall–Kier alpha value is -1.70. The Bertz CT molecular complexity index is 770. The Kier molecular flexibility index (Phi) is 7.37. The van der Waals surface area contributed by atoms with Gasteiger partial charge in [-0.25, -0.2) is 0 Å². The molecule has 1 aliphatic rings. The number of hydrogen-bond acceptors (Lipinski definition) is 4. The van der Waals surface area contributed by atoms with E-state index in [4.69, 9.17) is 0 Å². The molecule has 1 unspecified atom stereocenters. The van der Waals surface area contributed by atoms with Crippen LogP contribution in [-0.2, 0) is 16.1 Å². The second-order valence-electron chi connectivity index (χ2n) is 6.04. The van der Waals surface area contributed by atoms with Crippen molar-refractivity contribution in [1.29, 1.82) is 0 Å². The van der Waals surface area contributed by atoms with Gasteiger partial charge in [-0.3, -0.25) is 14.9 Å². The monoisotopic (exact) mass is 396 g/mol. The molecule has 1 aromatic carbocycles. The van der Waals surface area contributed by atoms with Crippen LogP contribution in [0.3, 0.4) is 0 Å². The molecule has 1 aliphatic heterocycles. The second kappa shape index (κ2) is 9.30. The lowest BCUT2D eigenvalue weighted by atomic mass is 10.2. The molecular formula is C18H25ClN4O2S. The lowest BCUT2D eigenvalue weighted by Gasteiger charge is -2.19. The van der Waals surface area contributed by atoms with Gasteiger partial charge in [0.15, 0.2) is 0 Å². The van der Waals surface area contributed by atoms with Crippen LogP contribution in [-0.4, -0.2) is 52.0 Å².